The van der Waals surface area contributed by atoms with Crippen molar-refractivity contribution >= 4 is 20.4 Å². The Hall–Kier alpha value is -2.06. The molecule has 3 nitrogen and oxygen atoms in total. The van der Waals surface area contributed by atoms with Gasteiger partial charge in [-0.15, -0.1) is 9.05 Å². The Kier molecular flexibility index (Phi) is 3.47. The normalized spacial score (nSPS) is 21.7. The lowest BCUT2D eigenvalue weighted by Gasteiger charge is -2.06. The van der Waals surface area contributed by atoms with Gasteiger partial charge in [0.15, 0.2) is 12.2 Å². The molecule has 0 fully saturated rings. The fourth-order valence-electron chi connectivity index (χ4n) is 2.83. The fraction of sp³-hybridized carbons (Fsp3) is 0.111. The molecule has 0 saturated heterocycles. The molecule has 0 heterocycles. The second-order valence-electron chi connectivity index (χ2n) is 5.25. The predicted molar refractivity (Wildman–Crippen MR) is 86.2 cm³/mol. The van der Waals surface area contributed by atoms with E-state index in [-0.39, 0.29) is 12.2 Å². The van der Waals surface area contributed by atoms with Crippen molar-refractivity contribution in [1.82, 2.24) is 0 Å². The summed E-state index contributed by atoms with van der Waals surface area (Å²) in [5.74, 6) is 0. The maximum atomic E-state index is 12.2. The van der Waals surface area contributed by atoms with Gasteiger partial charge in [-0.1, -0.05) is 60.7 Å². The van der Waals surface area contributed by atoms with Crippen LogP contribution in [0.5, 0.6) is 0 Å². The smallest absolute Gasteiger partial charge is 0.107 e. The van der Waals surface area contributed by atoms with E-state index in [1.54, 1.807) is 0 Å². The molecule has 0 radical (unpaired) electrons. The van der Waals surface area contributed by atoms with Gasteiger partial charge >= 0.3 is 8.25 Å². The quantitative estimate of drug-likeness (QED) is 0.727. The van der Waals surface area contributed by atoms with Crippen LogP contribution in [0.3, 0.4) is 0 Å². The van der Waals surface area contributed by atoms with E-state index in [1.807, 2.05) is 72.8 Å². The van der Waals surface area contributed by atoms with Gasteiger partial charge in [-0.05, 0) is 34.4 Å². The molecule has 0 spiro atoms. The van der Waals surface area contributed by atoms with Gasteiger partial charge in [0.1, 0.15) is 0 Å². The van der Waals surface area contributed by atoms with E-state index < -0.39 is 8.25 Å². The van der Waals surface area contributed by atoms with E-state index in [4.69, 9.17) is 9.05 Å². The summed E-state index contributed by atoms with van der Waals surface area (Å²) in [5, 5.41) is 0. The lowest BCUT2D eigenvalue weighted by molar-refractivity contribution is 0.173. The molecule has 0 aliphatic heterocycles. The molecule has 2 aliphatic carbocycles. The largest absolute Gasteiger partial charge is 0.699 e. The van der Waals surface area contributed by atoms with E-state index in [0.717, 1.165) is 22.3 Å². The average molecular weight is 309 g/mol. The topological polar surface area (TPSA) is 35.5 Å². The lowest BCUT2D eigenvalue weighted by atomic mass is 10.1. The van der Waals surface area contributed by atoms with Crippen molar-refractivity contribution in [2.45, 2.75) is 12.2 Å². The van der Waals surface area contributed by atoms with Gasteiger partial charge in [0.25, 0.3) is 0 Å². The molecule has 2 aliphatic rings. The number of rotatable bonds is 4. The van der Waals surface area contributed by atoms with Gasteiger partial charge in [-0.2, -0.15) is 0 Å². The van der Waals surface area contributed by atoms with Crippen molar-refractivity contribution in [1.29, 1.82) is 0 Å². The zero-order chi connectivity index (χ0) is 14.9. The van der Waals surface area contributed by atoms with Crippen LogP contribution in [0.2, 0.25) is 0 Å². The van der Waals surface area contributed by atoms with Gasteiger partial charge in [0.2, 0.25) is 0 Å². The van der Waals surface area contributed by atoms with Crippen molar-refractivity contribution in [2.75, 3.05) is 0 Å². The highest BCUT2D eigenvalue weighted by atomic mass is 31.1. The van der Waals surface area contributed by atoms with Crippen molar-refractivity contribution < 1.29 is 13.6 Å². The molecular weight excluding hydrogens is 295 g/mol. The molecule has 22 heavy (non-hydrogen) atoms. The van der Waals surface area contributed by atoms with Crippen LogP contribution in [0, 0.1) is 0 Å². The Bertz CT molecular complexity index is 729. The van der Waals surface area contributed by atoms with Crippen molar-refractivity contribution in [2.24, 2.45) is 0 Å². The Morgan fingerprint density at radius 3 is 1.68 bits per heavy atom. The van der Waals surface area contributed by atoms with Gasteiger partial charge < -0.3 is 0 Å². The maximum Gasteiger partial charge on any atom is 0.699 e. The van der Waals surface area contributed by atoms with E-state index >= 15 is 0 Å². The third kappa shape index (κ3) is 2.44. The van der Waals surface area contributed by atoms with Crippen molar-refractivity contribution in [3.05, 3.63) is 82.9 Å². The summed E-state index contributed by atoms with van der Waals surface area (Å²) in [5.41, 5.74) is 4.25. The maximum absolute atomic E-state index is 12.2. The zero-order valence-electron chi connectivity index (χ0n) is 11.8. The molecule has 2 atom stereocenters. The first kappa shape index (κ1) is 13.6. The predicted octanol–water partition coefficient (Wildman–Crippen LogP) is 5.21. The first-order chi connectivity index (χ1) is 10.8. The molecular formula is C18H14O3P+. The number of benzene rings is 2. The molecule has 0 amide bonds. The Labute approximate surface area is 129 Å². The van der Waals surface area contributed by atoms with Crippen LogP contribution >= 0.6 is 8.25 Å². The van der Waals surface area contributed by atoms with Crippen LogP contribution in [-0.2, 0) is 13.6 Å². The van der Waals surface area contributed by atoms with E-state index in [9.17, 15) is 4.57 Å². The Morgan fingerprint density at radius 1 is 0.727 bits per heavy atom. The minimum Gasteiger partial charge on any atom is -0.107 e. The molecule has 0 aromatic heterocycles. The second kappa shape index (κ2) is 5.62. The summed E-state index contributed by atoms with van der Waals surface area (Å²) in [4.78, 5) is 0. The molecule has 2 unspecified atom stereocenters. The standard InChI is InChI=1S/C18H14O3P/c19-22(20-17-11-9-13-5-1-3-7-15(13)17)21-18-12-10-14-6-2-4-8-16(14)18/h1-12,17-18H/q+1. The summed E-state index contributed by atoms with van der Waals surface area (Å²) in [6.07, 6.45) is 7.15. The molecule has 0 saturated carbocycles. The lowest BCUT2D eigenvalue weighted by Crippen LogP contribution is -1.98. The van der Waals surface area contributed by atoms with Gasteiger partial charge in [0.05, 0.1) is 0 Å². The first-order valence-corrected chi connectivity index (χ1v) is 8.26. The van der Waals surface area contributed by atoms with Gasteiger partial charge in [0, 0.05) is 4.57 Å². The summed E-state index contributed by atoms with van der Waals surface area (Å²) in [6.45, 7) is 0. The first-order valence-electron chi connectivity index (χ1n) is 7.16. The third-order valence-electron chi connectivity index (χ3n) is 3.91. The summed E-state index contributed by atoms with van der Waals surface area (Å²) in [7, 11) is -2.20. The zero-order valence-corrected chi connectivity index (χ0v) is 12.6. The highest BCUT2D eigenvalue weighted by molar-refractivity contribution is 7.33. The van der Waals surface area contributed by atoms with E-state index in [1.165, 1.54) is 0 Å². The van der Waals surface area contributed by atoms with Gasteiger partial charge in [-0.3, -0.25) is 0 Å². The van der Waals surface area contributed by atoms with E-state index in [0.29, 0.717) is 0 Å². The van der Waals surface area contributed by atoms with Crippen LogP contribution < -0.4 is 0 Å². The molecule has 2 aromatic carbocycles. The highest BCUT2D eigenvalue weighted by Gasteiger charge is 2.35. The molecule has 4 rings (SSSR count). The Morgan fingerprint density at radius 2 is 1.18 bits per heavy atom. The van der Waals surface area contributed by atoms with Crippen LogP contribution in [-0.4, -0.2) is 0 Å². The second-order valence-corrected chi connectivity index (χ2v) is 6.12. The van der Waals surface area contributed by atoms with Crippen molar-refractivity contribution in [3.63, 3.8) is 0 Å². The van der Waals surface area contributed by atoms with Crippen molar-refractivity contribution in [3.8, 4) is 0 Å². The van der Waals surface area contributed by atoms with Gasteiger partial charge in [-0.25, -0.2) is 0 Å². The minimum atomic E-state index is -2.20. The molecule has 0 bridgehead atoms. The van der Waals surface area contributed by atoms with Crippen LogP contribution in [0.15, 0.2) is 60.7 Å². The fourth-order valence-corrected chi connectivity index (χ4v) is 3.62. The van der Waals surface area contributed by atoms with Crippen LogP contribution in [0.4, 0.5) is 0 Å². The average Bonchev–Trinajstić information content (AvgIpc) is 3.13. The number of hydrogen-bond donors (Lipinski definition) is 0. The monoisotopic (exact) mass is 309 g/mol. The van der Waals surface area contributed by atoms with Crippen LogP contribution in [0.1, 0.15) is 34.5 Å². The SMILES string of the molecule is O=[P+](OC1C=Cc2ccccc21)OC1C=Cc2ccccc21. The van der Waals surface area contributed by atoms with Crippen LogP contribution in [0.25, 0.3) is 12.2 Å². The summed E-state index contributed by atoms with van der Waals surface area (Å²) in [6, 6.07) is 15.8. The molecule has 2 aromatic rings. The third-order valence-corrected chi connectivity index (χ3v) is 4.70. The molecule has 4 heteroatoms. The van der Waals surface area contributed by atoms with E-state index in [2.05, 4.69) is 0 Å². The molecule has 0 N–H and O–H groups in total. The summed E-state index contributed by atoms with van der Waals surface area (Å²) >= 11 is 0. The Balaban J connectivity index is 1.45. The highest BCUT2D eigenvalue weighted by Crippen LogP contribution is 2.44. The summed E-state index contributed by atoms with van der Waals surface area (Å²) < 4.78 is 23.4. The minimum absolute atomic E-state index is 0.305. The number of hydrogen-bond acceptors (Lipinski definition) is 3. The number of fused-ring (bicyclic) bond motifs is 2. The molecule has 108 valence electrons.